The minimum absolute atomic E-state index is 0.00126. The number of rotatable bonds is 6. The molecule has 1 amide bonds. The zero-order valence-corrected chi connectivity index (χ0v) is 24.5. The first-order valence-electron chi connectivity index (χ1n) is 12.6. The maximum atomic E-state index is 13.6. The number of fused-ring (bicyclic) bond motifs is 1. The molecule has 12 heteroatoms. The zero-order chi connectivity index (χ0) is 27.7. The van der Waals surface area contributed by atoms with Gasteiger partial charge in [0.25, 0.3) is 5.91 Å². The lowest BCUT2D eigenvalue weighted by atomic mass is 10.0. The highest BCUT2D eigenvalue weighted by atomic mass is 127. The van der Waals surface area contributed by atoms with Crippen molar-refractivity contribution in [2.75, 3.05) is 46.3 Å². The molecule has 0 saturated carbocycles. The number of halogens is 4. The predicted octanol–water partition coefficient (Wildman–Crippen LogP) is 4.82. The van der Waals surface area contributed by atoms with Crippen LogP contribution in [0.15, 0.2) is 46.3 Å². The Morgan fingerprint density at radius 1 is 1.15 bits per heavy atom. The van der Waals surface area contributed by atoms with Gasteiger partial charge in [-0.1, -0.05) is 23.8 Å². The molecule has 0 aliphatic carbocycles. The number of amidine groups is 1. The maximum absolute atomic E-state index is 13.6. The van der Waals surface area contributed by atoms with E-state index in [9.17, 15) is 18.0 Å². The van der Waals surface area contributed by atoms with Crippen molar-refractivity contribution < 1.29 is 18.0 Å². The average Bonchev–Trinajstić information content (AvgIpc) is 3.39. The monoisotopic (exact) mass is 668 g/mol. The van der Waals surface area contributed by atoms with Crippen LogP contribution in [-0.4, -0.2) is 77.0 Å². The smallest absolute Gasteiger partial charge is 0.304 e. The summed E-state index contributed by atoms with van der Waals surface area (Å²) in [6.07, 6.45) is -2.64. The van der Waals surface area contributed by atoms with Crippen LogP contribution in [0.2, 0.25) is 0 Å². The number of alkyl halides is 3. The van der Waals surface area contributed by atoms with Gasteiger partial charge in [-0.25, -0.2) is 0 Å². The number of hydrogen-bond acceptors (Lipinski definition) is 6. The topological polar surface area (TPSA) is 65.8 Å². The highest BCUT2D eigenvalue weighted by molar-refractivity contribution is 14.1. The molecule has 5 rings (SSSR count). The quantitative estimate of drug-likeness (QED) is 0.302. The van der Waals surface area contributed by atoms with E-state index in [4.69, 9.17) is 0 Å². The van der Waals surface area contributed by atoms with Gasteiger partial charge >= 0.3 is 6.18 Å². The summed E-state index contributed by atoms with van der Waals surface area (Å²) < 4.78 is 43.2. The van der Waals surface area contributed by atoms with Crippen LogP contribution in [-0.2, 0) is 17.5 Å². The maximum Gasteiger partial charge on any atom is 0.416 e. The second-order valence-corrected chi connectivity index (χ2v) is 11.8. The first kappa shape index (κ1) is 28.1. The molecular formula is C27H28F3IN6OS. The standard InChI is InChI=1S/C27H28F3IN6OS/c1-17-3-5-19(21(13-17)27(28,29)30)16-37-22-6-4-18(14-20(22)24(31)34-37)15-23-25(38)33-26(39-23)32-7-8-36-11-9-35(2)10-12-36/h3-6,13-15H,7-12,16H2,1-2H3,(H,32,33,38)/b23-15-. The third kappa shape index (κ3) is 6.67. The van der Waals surface area contributed by atoms with E-state index in [0.29, 0.717) is 25.9 Å². The molecule has 2 saturated heterocycles. The van der Waals surface area contributed by atoms with Crippen molar-refractivity contribution in [3.05, 3.63) is 67.3 Å². The highest BCUT2D eigenvalue weighted by Gasteiger charge is 2.33. The fourth-order valence-corrected chi connectivity index (χ4v) is 6.18. The van der Waals surface area contributed by atoms with Crippen molar-refractivity contribution in [2.45, 2.75) is 19.6 Å². The van der Waals surface area contributed by atoms with Crippen LogP contribution < -0.4 is 5.32 Å². The van der Waals surface area contributed by atoms with E-state index in [1.165, 1.54) is 23.9 Å². The number of carbonyl (C=O) groups excluding carboxylic acids is 1. The number of nitrogens with zero attached hydrogens (tertiary/aromatic N) is 5. The predicted molar refractivity (Wildman–Crippen MR) is 158 cm³/mol. The Kier molecular flexibility index (Phi) is 8.36. The molecule has 0 radical (unpaired) electrons. The Hall–Kier alpha value is -2.42. The molecule has 0 atom stereocenters. The third-order valence-electron chi connectivity index (χ3n) is 6.84. The number of likely N-dealkylation sites (N-methyl/N-ethyl adjacent to an activating group) is 1. The minimum atomic E-state index is -4.44. The van der Waals surface area contributed by atoms with Gasteiger partial charge in [-0.3, -0.25) is 19.4 Å². The fourth-order valence-electron chi connectivity index (χ4n) is 4.64. The van der Waals surface area contributed by atoms with Crippen molar-refractivity contribution in [3.63, 3.8) is 0 Å². The summed E-state index contributed by atoms with van der Waals surface area (Å²) >= 11 is 3.41. The number of aromatic nitrogens is 2. The average molecular weight is 669 g/mol. The van der Waals surface area contributed by atoms with Crippen molar-refractivity contribution >= 4 is 62.4 Å². The number of thioether (sulfide) groups is 1. The first-order chi connectivity index (χ1) is 18.6. The molecular weight excluding hydrogens is 640 g/mol. The van der Waals surface area contributed by atoms with Crippen molar-refractivity contribution in [3.8, 4) is 0 Å². The molecule has 2 aliphatic heterocycles. The van der Waals surface area contributed by atoms with E-state index in [1.54, 1.807) is 23.7 Å². The number of aryl methyl sites for hydroxylation is 1. The zero-order valence-electron chi connectivity index (χ0n) is 21.6. The fraction of sp³-hybridized carbons (Fsp3) is 0.370. The largest absolute Gasteiger partial charge is 0.416 e. The van der Waals surface area contributed by atoms with Gasteiger partial charge in [0.15, 0.2) is 5.17 Å². The van der Waals surface area contributed by atoms with Gasteiger partial charge in [0.2, 0.25) is 0 Å². The second-order valence-electron chi connectivity index (χ2n) is 9.78. The number of aliphatic imine (C=N–C) groups is 1. The Balaban J connectivity index is 1.30. The summed E-state index contributed by atoms with van der Waals surface area (Å²) in [7, 11) is 2.12. The third-order valence-corrected chi connectivity index (χ3v) is 8.58. The van der Waals surface area contributed by atoms with Gasteiger partial charge in [-0.15, -0.1) is 0 Å². The van der Waals surface area contributed by atoms with E-state index in [-0.39, 0.29) is 18.0 Å². The molecule has 7 nitrogen and oxygen atoms in total. The lowest BCUT2D eigenvalue weighted by Gasteiger charge is -2.31. The van der Waals surface area contributed by atoms with Gasteiger partial charge in [0, 0.05) is 38.1 Å². The van der Waals surface area contributed by atoms with Gasteiger partial charge in [0.1, 0.15) is 3.70 Å². The minimum Gasteiger partial charge on any atom is -0.304 e. The molecule has 2 fully saturated rings. The van der Waals surface area contributed by atoms with E-state index in [1.807, 2.05) is 18.2 Å². The number of carbonyl (C=O) groups is 1. The summed E-state index contributed by atoms with van der Waals surface area (Å²) in [5.41, 5.74) is 1.61. The number of nitrogens with one attached hydrogen (secondary N) is 1. The van der Waals surface area contributed by atoms with Crippen molar-refractivity contribution in [1.82, 2.24) is 24.9 Å². The van der Waals surface area contributed by atoms with Crippen LogP contribution in [0.1, 0.15) is 22.3 Å². The molecule has 2 aliphatic rings. The Morgan fingerprint density at radius 2 is 1.92 bits per heavy atom. The van der Waals surface area contributed by atoms with E-state index >= 15 is 0 Å². The summed E-state index contributed by atoms with van der Waals surface area (Å²) in [6.45, 7) is 7.29. The van der Waals surface area contributed by atoms with Crippen LogP contribution in [0.5, 0.6) is 0 Å². The Bertz CT molecular complexity index is 1460. The van der Waals surface area contributed by atoms with E-state index < -0.39 is 11.7 Å². The lowest BCUT2D eigenvalue weighted by Crippen LogP contribution is -2.45. The highest BCUT2D eigenvalue weighted by Crippen LogP contribution is 2.34. The van der Waals surface area contributed by atoms with Crippen LogP contribution in [0.4, 0.5) is 13.2 Å². The van der Waals surface area contributed by atoms with Crippen LogP contribution in [0.3, 0.4) is 0 Å². The number of piperazine rings is 1. The molecule has 0 spiro atoms. The van der Waals surface area contributed by atoms with Crippen LogP contribution in [0, 0.1) is 10.6 Å². The molecule has 0 bridgehead atoms. The lowest BCUT2D eigenvalue weighted by molar-refractivity contribution is -0.138. The molecule has 0 unspecified atom stereocenters. The number of hydrogen-bond donors (Lipinski definition) is 1. The molecule has 3 heterocycles. The molecule has 1 aromatic heterocycles. The SMILES string of the molecule is Cc1ccc(Cn2nc(I)c3cc(/C=C4\SC(=NCCN5CCN(C)CC5)NC4=O)ccc32)c(C(F)(F)F)c1. The summed E-state index contributed by atoms with van der Waals surface area (Å²) in [5, 5.41) is 8.77. The normalized spacial score (nSPS) is 19.5. The Labute approximate surface area is 242 Å². The Morgan fingerprint density at radius 3 is 2.67 bits per heavy atom. The number of amides is 1. The van der Waals surface area contributed by atoms with E-state index in [2.05, 4.69) is 54.8 Å². The summed E-state index contributed by atoms with van der Waals surface area (Å²) in [4.78, 5) is 22.4. The summed E-state index contributed by atoms with van der Waals surface area (Å²) in [6, 6.07) is 9.95. The van der Waals surface area contributed by atoms with Crippen LogP contribution >= 0.6 is 34.4 Å². The van der Waals surface area contributed by atoms with Crippen molar-refractivity contribution in [2.24, 2.45) is 4.99 Å². The van der Waals surface area contributed by atoms with Gasteiger partial charge in [-0.05, 0) is 83.7 Å². The van der Waals surface area contributed by atoms with E-state index in [0.717, 1.165) is 49.2 Å². The molecule has 1 N–H and O–H groups in total. The molecule has 3 aromatic rings. The van der Waals surface area contributed by atoms with Gasteiger partial charge in [0.05, 0.1) is 29.1 Å². The summed E-state index contributed by atoms with van der Waals surface area (Å²) in [5.74, 6) is -0.192. The number of benzene rings is 2. The molecule has 206 valence electrons. The molecule has 39 heavy (non-hydrogen) atoms. The first-order valence-corrected chi connectivity index (χ1v) is 14.5. The van der Waals surface area contributed by atoms with Crippen molar-refractivity contribution in [1.29, 1.82) is 0 Å². The van der Waals surface area contributed by atoms with Gasteiger partial charge in [-0.2, -0.15) is 18.3 Å². The van der Waals surface area contributed by atoms with Gasteiger partial charge < -0.3 is 10.2 Å². The van der Waals surface area contributed by atoms with Crippen LogP contribution in [0.25, 0.3) is 17.0 Å². The molecule has 2 aromatic carbocycles. The second kappa shape index (κ2) is 11.6.